The fraction of sp³-hybridized carbons (Fsp3) is 0.273. The molecular weight excluding hydrogens is 183 g/mol. The standard InChI is InChI=1S/C11H11FO2/c1-14-10-6-5-9(11(12)8-10)4-2-3-7-13/h5-6,8,13H,3,7H2,1H3. The lowest BCUT2D eigenvalue weighted by Crippen LogP contribution is -1.87. The number of rotatable bonds is 2. The highest BCUT2D eigenvalue weighted by atomic mass is 19.1. The minimum absolute atomic E-state index is 0.00915. The number of aliphatic hydroxyl groups is 1. The summed E-state index contributed by atoms with van der Waals surface area (Å²) >= 11 is 0. The molecule has 1 aromatic rings. The van der Waals surface area contributed by atoms with E-state index >= 15 is 0 Å². The van der Waals surface area contributed by atoms with E-state index in [0.29, 0.717) is 17.7 Å². The summed E-state index contributed by atoms with van der Waals surface area (Å²) in [6, 6.07) is 4.48. The molecule has 0 saturated heterocycles. The van der Waals surface area contributed by atoms with Gasteiger partial charge in [-0.3, -0.25) is 0 Å². The summed E-state index contributed by atoms with van der Waals surface area (Å²) in [7, 11) is 1.48. The van der Waals surface area contributed by atoms with Gasteiger partial charge in [0.25, 0.3) is 0 Å². The fourth-order valence-corrected chi connectivity index (χ4v) is 0.938. The maximum Gasteiger partial charge on any atom is 0.142 e. The number of ether oxygens (including phenoxy) is 1. The summed E-state index contributed by atoms with van der Waals surface area (Å²) in [6.45, 7) is -0.00915. The van der Waals surface area contributed by atoms with E-state index in [9.17, 15) is 4.39 Å². The first-order valence-electron chi connectivity index (χ1n) is 4.21. The molecule has 0 bridgehead atoms. The molecule has 3 heteroatoms. The summed E-state index contributed by atoms with van der Waals surface area (Å²) in [5.74, 6) is 5.33. The third kappa shape index (κ3) is 2.75. The van der Waals surface area contributed by atoms with Crippen molar-refractivity contribution >= 4 is 0 Å². The van der Waals surface area contributed by atoms with Gasteiger partial charge < -0.3 is 9.84 Å². The molecule has 74 valence electrons. The molecule has 0 amide bonds. The molecule has 0 aliphatic carbocycles. The topological polar surface area (TPSA) is 29.5 Å². The van der Waals surface area contributed by atoms with Crippen LogP contribution in [0.15, 0.2) is 18.2 Å². The van der Waals surface area contributed by atoms with Crippen molar-refractivity contribution < 1.29 is 14.2 Å². The third-order valence-corrected chi connectivity index (χ3v) is 1.64. The predicted octanol–water partition coefficient (Wildman–Crippen LogP) is 1.57. The van der Waals surface area contributed by atoms with Gasteiger partial charge in [0.1, 0.15) is 11.6 Å². The van der Waals surface area contributed by atoms with Crippen molar-refractivity contribution in [2.24, 2.45) is 0 Å². The first-order chi connectivity index (χ1) is 6.77. The minimum atomic E-state index is -0.408. The van der Waals surface area contributed by atoms with Crippen molar-refractivity contribution in [2.75, 3.05) is 13.7 Å². The zero-order valence-electron chi connectivity index (χ0n) is 7.88. The van der Waals surface area contributed by atoms with Gasteiger partial charge in [-0.1, -0.05) is 11.8 Å². The first-order valence-corrected chi connectivity index (χ1v) is 4.21. The van der Waals surface area contributed by atoms with Crippen LogP contribution in [0.25, 0.3) is 0 Å². The van der Waals surface area contributed by atoms with Crippen molar-refractivity contribution in [3.8, 4) is 17.6 Å². The van der Waals surface area contributed by atoms with Crippen LogP contribution in [0, 0.1) is 17.7 Å². The van der Waals surface area contributed by atoms with Crippen molar-refractivity contribution in [2.45, 2.75) is 6.42 Å². The predicted molar refractivity (Wildman–Crippen MR) is 51.5 cm³/mol. The molecule has 0 aliphatic heterocycles. The SMILES string of the molecule is COc1ccc(C#CCCO)c(F)c1. The van der Waals surface area contributed by atoms with Crippen LogP contribution in [0.2, 0.25) is 0 Å². The quantitative estimate of drug-likeness (QED) is 0.724. The van der Waals surface area contributed by atoms with Crippen LogP contribution in [-0.2, 0) is 0 Å². The Kier molecular flexibility index (Phi) is 3.96. The van der Waals surface area contributed by atoms with Crippen LogP contribution in [0.1, 0.15) is 12.0 Å². The molecule has 0 unspecified atom stereocenters. The molecule has 0 saturated carbocycles. The van der Waals surface area contributed by atoms with Crippen molar-refractivity contribution in [3.05, 3.63) is 29.6 Å². The van der Waals surface area contributed by atoms with E-state index in [2.05, 4.69) is 11.8 Å². The normalized spacial score (nSPS) is 9.07. The maximum absolute atomic E-state index is 13.2. The van der Waals surface area contributed by atoms with E-state index < -0.39 is 5.82 Å². The highest BCUT2D eigenvalue weighted by Gasteiger charge is 2.00. The van der Waals surface area contributed by atoms with Crippen LogP contribution < -0.4 is 4.74 Å². The minimum Gasteiger partial charge on any atom is -0.497 e. The lowest BCUT2D eigenvalue weighted by Gasteiger charge is -1.99. The van der Waals surface area contributed by atoms with Crippen LogP contribution in [0.3, 0.4) is 0 Å². The van der Waals surface area contributed by atoms with Gasteiger partial charge in [0.2, 0.25) is 0 Å². The molecule has 1 aromatic carbocycles. The molecular formula is C11H11FO2. The zero-order chi connectivity index (χ0) is 10.4. The van der Waals surface area contributed by atoms with Gasteiger partial charge in [-0.25, -0.2) is 4.39 Å². The first kappa shape index (κ1) is 10.6. The molecule has 0 aromatic heterocycles. The van der Waals surface area contributed by atoms with Gasteiger partial charge in [-0.05, 0) is 12.1 Å². The fourth-order valence-electron chi connectivity index (χ4n) is 0.938. The van der Waals surface area contributed by atoms with Gasteiger partial charge in [-0.15, -0.1) is 0 Å². The monoisotopic (exact) mass is 194 g/mol. The van der Waals surface area contributed by atoms with E-state index in [1.165, 1.54) is 13.2 Å². The third-order valence-electron chi connectivity index (χ3n) is 1.64. The average molecular weight is 194 g/mol. The Balaban J connectivity index is 2.85. The van der Waals surface area contributed by atoms with E-state index in [0.717, 1.165) is 0 Å². The molecule has 0 atom stereocenters. The molecule has 0 spiro atoms. The van der Waals surface area contributed by atoms with Crippen LogP contribution in [-0.4, -0.2) is 18.8 Å². The number of hydrogen-bond acceptors (Lipinski definition) is 2. The van der Waals surface area contributed by atoms with Gasteiger partial charge in [-0.2, -0.15) is 0 Å². The Bertz CT molecular complexity index is 363. The van der Waals surface area contributed by atoms with Crippen molar-refractivity contribution in [3.63, 3.8) is 0 Å². The number of hydrogen-bond donors (Lipinski definition) is 1. The summed E-state index contributed by atoms with van der Waals surface area (Å²) in [4.78, 5) is 0. The molecule has 14 heavy (non-hydrogen) atoms. The molecule has 0 aliphatic rings. The van der Waals surface area contributed by atoms with Crippen LogP contribution in [0.4, 0.5) is 4.39 Å². The number of methoxy groups -OCH3 is 1. The van der Waals surface area contributed by atoms with Crippen LogP contribution >= 0.6 is 0 Å². The number of benzene rings is 1. The molecule has 0 radical (unpaired) electrons. The summed E-state index contributed by atoms with van der Waals surface area (Å²) in [6.07, 6.45) is 0.353. The van der Waals surface area contributed by atoms with Crippen LogP contribution in [0.5, 0.6) is 5.75 Å². The molecule has 0 heterocycles. The molecule has 2 nitrogen and oxygen atoms in total. The summed E-state index contributed by atoms with van der Waals surface area (Å²) in [5, 5.41) is 8.48. The Morgan fingerprint density at radius 3 is 2.86 bits per heavy atom. The highest BCUT2D eigenvalue weighted by Crippen LogP contribution is 2.15. The summed E-state index contributed by atoms with van der Waals surface area (Å²) < 4.78 is 18.1. The second-order valence-electron chi connectivity index (χ2n) is 2.62. The van der Waals surface area contributed by atoms with E-state index in [4.69, 9.17) is 9.84 Å². The van der Waals surface area contributed by atoms with Gasteiger partial charge >= 0.3 is 0 Å². The van der Waals surface area contributed by atoms with E-state index in [-0.39, 0.29) is 6.61 Å². The number of halogens is 1. The van der Waals surface area contributed by atoms with Gasteiger partial charge in [0.15, 0.2) is 0 Å². The second kappa shape index (κ2) is 5.25. The lowest BCUT2D eigenvalue weighted by atomic mass is 10.2. The highest BCUT2D eigenvalue weighted by molar-refractivity contribution is 5.39. The Hall–Kier alpha value is -1.53. The largest absolute Gasteiger partial charge is 0.497 e. The maximum atomic E-state index is 13.2. The molecule has 0 fully saturated rings. The second-order valence-corrected chi connectivity index (χ2v) is 2.62. The lowest BCUT2D eigenvalue weighted by molar-refractivity contribution is 0.305. The molecule has 1 rings (SSSR count). The van der Waals surface area contributed by atoms with Gasteiger partial charge in [0.05, 0.1) is 19.3 Å². The Morgan fingerprint density at radius 1 is 1.50 bits per heavy atom. The average Bonchev–Trinajstić information content (AvgIpc) is 2.20. The Morgan fingerprint density at radius 2 is 2.29 bits per heavy atom. The van der Waals surface area contributed by atoms with E-state index in [1.54, 1.807) is 12.1 Å². The summed E-state index contributed by atoms with van der Waals surface area (Å²) in [5.41, 5.74) is 0.319. The zero-order valence-corrected chi connectivity index (χ0v) is 7.88. The number of aliphatic hydroxyl groups excluding tert-OH is 1. The smallest absolute Gasteiger partial charge is 0.142 e. The van der Waals surface area contributed by atoms with Gasteiger partial charge in [0, 0.05) is 12.5 Å². The molecule has 1 N–H and O–H groups in total. The van der Waals surface area contributed by atoms with E-state index in [1.807, 2.05) is 0 Å². The van der Waals surface area contributed by atoms with Crippen molar-refractivity contribution in [1.82, 2.24) is 0 Å². The Labute approximate surface area is 82.3 Å². The van der Waals surface area contributed by atoms with Crippen molar-refractivity contribution in [1.29, 1.82) is 0 Å².